The summed E-state index contributed by atoms with van der Waals surface area (Å²) in [6.07, 6.45) is 5.40. The highest BCUT2D eigenvalue weighted by Gasteiger charge is 2.08. The summed E-state index contributed by atoms with van der Waals surface area (Å²) in [5.74, 6) is -0.249. The molecule has 7 heteroatoms. The van der Waals surface area contributed by atoms with Crippen molar-refractivity contribution < 1.29 is 14.3 Å². The quantitative estimate of drug-likeness (QED) is 0.406. The van der Waals surface area contributed by atoms with Gasteiger partial charge in [0.2, 0.25) is 5.91 Å². The summed E-state index contributed by atoms with van der Waals surface area (Å²) in [7, 11) is 1.63. The Kier molecular flexibility index (Phi) is 11.2. The van der Waals surface area contributed by atoms with E-state index in [-0.39, 0.29) is 16.9 Å². The number of ether oxygens (including phenoxy) is 1. The molecule has 1 aromatic carbocycles. The van der Waals surface area contributed by atoms with Crippen LogP contribution in [0.15, 0.2) is 24.3 Å². The zero-order chi connectivity index (χ0) is 19.2. The van der Waals surface area contributed by atoms with Crippen LogP contribution in [0.5, 0.6) is 0 Å². The molecule has 0 saturated heterocycles. The summed E-state index contributed by atoms with van der Waals surface area (Å²) in [4.78, 5) is 24.0. The number of methoxy groups -OCH3 is 1. The number of hydrogen-bond donors (Lipinski definition) is 3. The standard InChI is InChI=1S/C19H29N3O3S/c1-3-4-5-6-11-17(23)22-19(26)21-16-10-7-9-15(14-16)18(24)20-12-8-13-25-2/h7,9-10,14H,3-6,8,11-13H2,1-2H3,(H,20,24)(H2,21,22,23,26). The molecule has 2 amide bonds. The largest absolute Gasteiger partial charge is 0.385 e. The van der Waals surface area contributed by atoms with Crippen molar-refractivity contribution >= 4 is 34.8 Å². The van der Waals surface area contributed by atoms with Gasteiger partial charge < -0.3 is 20.7 Å². The molecule has 0 aliphatic rings. The first-order chi connectivity index (χ1) is 12.6. The van der Waals surface area contributed by atoms with Gasteiger partial charge in [0.1, 0.15) is 0 Å². The van der Waals surface area contributed by atoms with Crippen molar-refractivity contribution in [2.75, 3.05) is 25.6 Å². The van der Waals surface area contributed by atoms with Gasteiger partial charge in [0.25, 0.3) is 5.91 Å². The Morgan fingerprint density at radius 2 is 1.96 bits per heavy atom. The summed E-state index contributed by atoms with van der Waals surface area (Å²) in [5.41, 5.74) is 1.19. The number of thiocarbonyl (C=S) groups is 1. The molecular formula is C19H29N3O3S. The van der Waals surface area contributed by atoms with E-state index in [9.17, 15) is 9.59 Å². The predicted molar refractivity (Wildman–Crippen MR) is 108 cm³/mol. The van der Waals surface area contributed by atoms with Crippen molar-refractivity contribution in [3.63, 3.8) is 0 Å². The molecule has 0 unspecified atom stereocenters. The maximum Gasteiger partial charge on any atom is 0.251 e. The number of carbonyl (C=O) groups excluding carboxylic acids is 2. The van der Waals surface area contributed by atoms with Crippen molar-refractivity contribution in [3.05, 3.63) is 29.8 Å². The van der Waals surface area contributed by atoms with Gasteiger partial charge in [-0.3, -0.25) is 9.59 Å². The molecule has 0 saturated carbocycles. The molecule has 0 fully saturated rings. The number of hydrogen-bond acceptors (Lipinski definition) is 4. The van der Waals surface area contributed by atoms with Crippen LogP contribution in [0.3, 0.4) is 0 Å². The number of benzene rings is 1. The molecule has 0 aromatic heterocycles. The molecule has 0 aliphatic carbocycles. The van der Waals surface area contributed by atoms with Gasteiger partial charge in [-0.2, -0.15) is 0 Å². The van der Waals surface area contributed by atoms with Gasteiger partial charge in [0.15, 0.2) is 5.11 Å². The van der Waals surface area contributed by atoms with Crippen LogP contribution in [-0.4, -0.2) is 37.2 Å². The fourth-order valence-electron chi connectivity index (χ4n) is 2.32. The van der Waals surface area contributed by atoms with Gasteiger partial charge in [0, 0.05) is 37.9 Å². The van der Waals surface area contributed by atoms with Gasteiger partial charge >= 0.3 is 0 Å². The van der Waals surface area contributed by atoms with E-state index in [1.165, 1.54) is 0 Å². The van der Waals surface area contributed by atoms with Gasteiger partial charge in [-0.15, -0.1) is 0 Å². The average molecular weight is 380 g/mol. The molecule has 0 aliphatic heterocycles. The summed E-state index contributed by atoms with van der Waals surface area (Å²) in [5, 5.41) is 8.68. The molecule has 144 valence electrons. The lowest BCUT2D eigenvalue weighted by Crippen LogP contribution is -2.34. The second kappa shape index (κ2) is 13.2. The number of carbonyl (C=O) groups is 2. The normalized spacial score (nSPS) is 10.2. The zero-order valence-corrected chi connectivity index (χ0v) is 16.4. The summed E-state index contributed by atoms with van der Waals surface area (Å²) < 4.78 is 4.95. The van der Waals surface area contributed by atoms with E-state index in [1.54, 1.807) is 31.4 Å². The van der Waals surface area contributed by atoms with Gasteiger partial charge in [0.05, 0.1) is 0 Å². The molecule has 0 heterocycles. The fraction of sp³-hybridized carbons (Fsp3) is 0.526. The third-order valence-electron chi connectivity index (χ3n) is 3.70. The predicted octanol–water partition coefficient (Wildman–Crippen LogP) is 3.24. The van der Waals surface area contributed by atoms with Crippen molar-refractivity contribution in [1.29, 1.82) is 0 Å². The summed E-state index contributed by atoms with van der Waals surface area (Å²) in [6, 6.07) is 6.99. The smallest absolute Gasteiger partial charge is 0.251 e. The Balaban J connectivity index is 2.43. The maximum atomic E-state index is 12.1. The molecule has 6 nitrogen and oxygen atoms in total. The number of amides is 2. The molecule has 3 N–H and O–H groups in total. The topological polar surface area (TPSA) is 79.5 Å². The molecule has 0 bridgehead atoms. The number of rotatable bonds is 11. The third kappa shape index (κ3) is 9.48. The monoisotopic (exact) mass is 379 g/mol. The average Bonchev–Trinajstić information content (AvgIpc) is 2.62. The van der Waals surface area contributed by atoms with E-state index < -0.39 is 0 Å². The Bertz CT molecular complexity index is 593. The number of anilines is 1. The van der Waals surface area contributed by atoms with Crippen molar-refractivity contribution in [3.8, 4) is 0 Å². The second-order valence-electron chi connectivity index (χ2n) is 6.00. The van der Waals surface area contributed by atoms with Crippen LogP contribution < -0.4 is 16.0 Å². The Labute approximate surface area is 161 Å². The first kappa shape index (κ1) is 22.1. The molecule has 1 aromatic rings. The van der Waals surface area contributed by atoms with Crippen LogP contribution in [0.4, 0.5) is 5.69 Å². The molecule has 0 radical (unpaired) electrons. The number of unbranched alkanes of at least 4 members (excludes halogenated alkanes) is 3. The van der Waals surface area contributed by atoms with Crippen molar-refractivity contribution in [2.45, 2.75) is 45.4 Å². The lowest BCUT2D eigenvalue weighted by atomic mass is 10.1. The van der Waals surface area contributed by atoms with E-state index >= 15 is 0 Å². The first-order valence-electron chi connectivity index (χ1n) is 9.04. The van der Waals surface area contributed by atoms with Crippen molar-refractivity contribution in [2.24, 2.45) is 0 Å². The molecule has 0 spiro atoms. The summed E-state index contributed by atoms with van der Waals surface area (Å²) >= 11 is 5.16. The highest BCUT2D eigenvalue weighted by Crippen LogP contribution is 2.11. The highest BCUT2D eigenvalue weighted by atomic mass is 32.1. The van der Waals surface area contributed by atoms with Gasteiger partial charge in [-0.1, -0.05) is 32.3 Å². The van der Waals surface area contributed by atoms with E-state index in [0.717, 1.165) is 32.1 Å². The minimum absolute atomic E-state index is 0.0920. The molecule has 26 heavy (non-hydrogen) atoms. The van der Waals surface area contributed by atoms with Gasteiger partial charge in [-0.05, 0) is 43.3 Å². The SMILES string of the molecule is CCCCCCC(=O)NC(=S)Nc1cccc(C(=O)NCCCOC)c1. The molecule has 1 rings (SSSR count). The fourth-order valence-corrected chi connectivity index (χ4v) is 2.55. The summed E-state index contributed by atoms with van der Waals surface area (Å²) in [6.45, 7) is 3.29. The lowest BCUT2D eigenvalue weighted by molar-refractivity contribution is -0.119. The Morgan fingerprint density at radius 3 is 2.69 bits per heavy atom. The Hall–Kier alpha value is -1.99. The minimum atomic E-state index is -0.157. The van der Waals surface area contributed by atoms with Gasteiger partial charge in [-0.25, -0.2) is 0 Å². The zero-order valence-electron chi connectivity index (χ0n) is 15.6. The second-order valence-corrected chi connectivity index (χ2v) is 6.40. The van der Waals surface area contributed by atoms with Crippen LogP contribution in [0.2, 0.25) is 0 Å². The van der Waals surface area contributed by atoms with E-state index in [4.69, 9.17) is 17.0 Å². The van der Waals surface area contributed by atoms with E-state index in [1.807, 2.05) is 0 Å². The highest BCUT2D eigenvalue weighted by molar-refractivity contribution is 7.80. The Morgan fingerprint density at radius 1 is 1.15 bits per heavy atom. The van der Waals surface area contributed by atoms with E-state index in [2.05, 4.69) is 22.9 Å². The number of nitrogens with one attached hydrogen (secondary N) is 3. The maximum absolute atomic E-state index is 12.1. The molecular weight excluding hydrogens is 350 g/mol. The van der Waals surface area contributed by atoms with Crippen LogP contribution in [0.1, 0.15) is 55.8 Å². The minimum Gasteiger partial charge on any atom is -0.385 e. The molecule has 0 atom stereocenters. The lowest BCUT2D eigenvalue weighted by Gasteiger charge is -2.11. The van der Waals surface area contributed by atoms with Crippen LogP contribution >= 0.6 is 12.2 Å². The third-order valence-corrected chi connectivity index (χ3v) is 3.91. The first-order valence-corrected chi connectivity index (χ1v) is 9.45. The van der Waals surface area contributed by atoms with E-state index in [0.29, 0.717) is 30.8 Å². The van der Waals surface area contributed by atoms with Crippen molar-refractivity contribution in [1.82, 2.24) is 10.6 Å². The van der Waals surface area contributed by atoms with Crippen LogP contribution in [0.25, 0.3) is 0 Å². The van der Waals surface area contributed by atoms with Crippen LogP contribution in [0, 0.1) is 0 Å². The van der Waals surface area contributed by atoms with Crippen LogP contribution in [-0.2, 0) is 9.53 Å².